The van der Waals surface area contributed by atoms with Crippen molar-refractivity contribution in [2.45, 2.75) is 12.1 Å². The molecular weight excluding hydrogens is 144 g/mol. The molecule has 0 unspecified atom stereocenters. The molecule has 1 aromatic heterocycles. The van der Waals surface area contributed by atoms with Crippen molar-refractivity contribution >= 4 is 11.8 Å². The molecule has 0 aromatic carbocycles. The molecule has 10 heavy (non-hydrogen) atoms. The molecule has 1 rings (SSSR count). The van der Waals surface area contributed by atoms with Crippen LogP contribution in [0, 0.1) is 6.92 Å². The lowest BCUT2D eigenvalue weighted by molar-refractivity contribution is -0.713. The van der Waals surface area contributed by atoms with E-state index in [1.54, 1.807) is 11.8 Å². The highest BCUT2D eigenvalue weighted by molar-refractivity contribution is 7.98. The second-order valence-electron chi connectivity index (χ2n) is 2.17. The molecule has 1 aromatic rings. The Kier molecular flexibility index (Phi) is 2.27. The van der Waals surface area contributed by atoms with Crippen LogP contribution in [0.5, 0.6) is 0 Å². The van der Waals surface area contributed by atoms with Crippen LogP contribution in [0.4, 0.5) is 0 Å². The molecule has 0 fully saturated rings. The SMILES string of the molecule is CSc1nc(C)cc[n+]1C. The maximum Gasteiger partial charge on any atom is 0.358 e. The molecule has 0 aliphatic heterocycles. The Morgan fingerprint density at radius 2 is 2.30 bits per heavy atom. The van der Waals surface area contributed by atoms with Crippen LogP contribution in [-0.4, -0.2) is 11.2 Å². The first-order valence-electron chi connectivity index (χ1n) is 3.11. The van der Waals surface area contributed by atoms with Gasteiger partial charge in [0.2, 0.25) is 0 Å². The molecule has 54 valence electrons. The summed E-state index contributed by atoms with van der Waals surface area (Å²) in [6.07, 6.45) is 4.05. The number of thioether (sulfide) groups is 1. The maximum absolute atomic E-state index is 4.32. The van der Waals surface area contributed by atoms with Crippen molar-refractivity contribution < 1.29 is 4.57 Å². The first-order valence-corrected chi connectivity index (χ1v) is 4.34. The minimum atomic E-state index is 1.06. The fourth-order valence-electron chi connectivity index (χ4n) is 0.740. The highest BCUT2D eigenvalue weighted by Gasteiger charge is 2.06. The standard InChI is InChI=1S/C7H11N2S/c1-6-4-5-9(2)7(8-6)10-3/h4-5H,1-3H3/q+1. The third kappa shape index (κ3) is 1.48. The summed E-state index contributed by atoms with van der Waals surface area (Å²) in [5, 5.41) is 1.06. The molecule has 3 heteroatoms. The fourth-order valence-corrected chi connectivity index (χ4v) is 1.32. The third-order valence-corrected chi connectivity index (χ3v) is 2.04. The average Bonchev–Trinajstić information content (AvgIpc) is 1.94. The van der Waals surface area contributed by atoms with Gasteiger partial charge < -0.3 is 0 Å². The van der Waals surface area contributed by atoms with E-state index >= 15 is 0 Å². The minimum absolute atomic E-state index is 1.06. The predicted octanol–water partition coefficient (Wildman–Crippen LogP) is 0.936. The highest BCUT2D eigenvalue weighted by atomic mass is 32.2. The van der Waals surface area contributed by atoms with E-state index in [0.717, 1.165) is 10.9 Å². The van der Waals surface area contributed by atoms with E-state index < -0.39 is 0 Å². The van der Waals surface area contributed by atoms with Crippen LogP contribution in [0.1, 0.15) is 5.69 Å². The zero-order valence-electron chi connectivity index (χ0n) is 6.46. The van der Waals surface area contributed by atoms with Crippen molar-refractivity contribution in [3.8, 4) is 0 Å². The van der Waals surface area contributed by atoms with E-state index in [1.807, 2.05) is 37.1 Å². The Bertz CT molecular complexity index is 235. The Balaban J connectivity index is 3.09. The van der Waals surface area contributed by atoms with Gasteiger partial charge in [0.05, 0.1) is 13.2 Å². The van der Waals surface area contributed by atoms with E-state index in [0.29, 0.717) is 0 Å². The lowest BCUT2D eigenvalue weighted by Crippen LogP contribution is -2.31. The van der Waals surface area contributed by atoms with Gasteiger partial charge in [-0.15, -0.1) is 0 Å². The molecule has 0 bridgehead atoms. The van der Waals surface area contributed by atoms with E-state index in [-0.39, 0.29) is 0 Å². The molecule has 2 nitrogen and oxygen atoms in total. The van der Waals surface area contributed by atoms with Gasteiger partial charge in [0.25, 0.3) is 0 Å². The van der Waals surface area contributed by atoms with E-state index in [9.17, 15) is 0 Å². The summed E-state index contributed by atoms with van der Waals surface area (Å²) in [6.45, 7) is 2.00. The van der Waals surface area contributed by atoms with Gasteiger partial charge >= 0.3 is 5.16 Å². The number of aryl methyl sites for hydroxylation is 2. The number of rotatable bonds is 1. The van der Waals surface area contributed by atoms with E-state index in [1.165, 1.54) is 0 Å². The summed E-state index contributed by atoms with van der Waals surface area (Å²) < 4.78 is 2.01. The Morgan fingerprint density at radius 1 is 1.60 bits per heavy atom. The van der Waals surface area contributed by atoms with Crippen LogP contribution in [-0.2, 0) is 7.05 Å². The average molecular weight is 155 g/mol. The summed E-state index contributed by atoms with van der Waals surface area (Å²) in [5.41, 5.74) is 1.07. The first-order chi connectivity index (χ1) is 4.74. The van der Waals surface area contributed by atoms with Gasteiger partial charge in [-0.1, -0.05) is 0 Å². The molecule has 0 atom stereocenters. The third-order valence-electron chi connectivity index (χ3n) is 1.30. The molecular formula is C7H11N2S+. The van der Waals surface area contributed by atoms with Crippen LogP contribution in [0.15, 0.2) is 17.4 Å². The van der Waals surface area contributed by atoms with Crippen molar-refractivity contribution in [1.29, 1.82) is 0 Å². The summed E-state index contributed by atoms with van der Waals surface area (Å²) in [5.74, 6) is 0. The lowest BCUT2D eigenvalue weighted by Gasteiger charge is -1.92. The van der Waals surface area contributed by atoms with Crippen molar-refractivity contribution in [2.75, 3.05) is 6.26 Å². The van der Waals surface area contributed by atoms with Crippen LogP contribution in [0.3, 0.4) is 0 Å². The van der Waals surface area contributed by atoms with Gasteiger partial charge in [-0.2, -0.15) is 0 Å². The van der Waals surface area contributed by atoms with Gasteiger partial charge in [0.1, 0.15) is 0 Å². The van der Waals surface area contributed by atoms with Crippen LogP contribution >= 0.6 is 11.8 Å². The molecule has 0 N–H and O–H groups in total. The fraction of sp³-hybridized carbons (Fsp3) is 0.429. The van der Waals surface area contributed by atoms with Crippen molar-refractivity contribution in [3.63, 3.8) is 0 Å². The quantitative estimate of drug-likeness (QED) is 0.341. The van der Waals surface area contributed by atoms with Gasteiger partial charge in [-0.25, -0.2) is 4.57 Å². The van der Waals surface area contributed by atoms with Gasteiger partial charge in [-0.3, -0.25) is 0 Å². The number of hydrogen-bond donors (Lipinski definition) is 0. The molecule has 0 aliphatic carbocycles. The topological polar surface area (TPSA) is 16.8 Å². The Labute approximate surface area is 65.3 Å². The molecule has 0 amide bonds. The largest absolute Gasteiger partial charge is 0.358 e. The highest BCUT2D eigenvalue weighted by Crippen LogP contribution is 2.04. The normalized spacial score (nSPS) is 9.90. The zero-order valence-corrected chi connectivity index (χ0v) is 7.27. The summed E-state index contributed by atoms with van der Waals surface area (Å²) in [7, 11) is 2.00. The molecule has 0 saturated carbocycles. The molecule has 0 saturated heterocycles. The smallest absolute Gasteiger partial charge is 0.228 e. The van der Waals surface area contributed by atoms with Gasteiger partial charge in [0, 0.05) is 13.0 Å². The minimum Gasteiger partial charge on any atom is -0.228 e. The number of aromatic nitrogens is 2. The Hall–Kier alpha value is -0.570. The van der Waals surface area contributed by atoms with Crippen molar-refractivity contribution in [1.82, 2.24) is 4.98 Å². The van der Waals surface area contributed by atoms with Gasteiger partial charge in [-0.05, 0) is 23.0 Å². The Morgan fingerprint density at radius 3 is 2.80 bits per heavy atom. The molecule has 0 radical (unpaired) electrons. The van der Waals surface area contributed by atoms with Crippen molar-refractivity contribution in [2.24, 2.45) is 7.05 Å². The van der Waals surface area contributed by atoms with Gasteiger partial charge in [0.15, 0.2) is 5.69 Å². The number of nitrogens with zero attached hydrogens (tertiary/aromatic N) is 2. The van der Waals surface area contributed by atoms with Crippen molar-refractivity contribution in [3.05, 3.63) is 18.0 Å². The first kappa shape index (κ1) is 7.54. The van der Waals surface area contributed by atoms with E-state index in [2.05, 4.69) is 4.98 Å². The van der Waals surface area contributed by atoms with Crippen LogP contribution in [0.25, 0.3) is 0 Å². The van der Waals surface area contributed by atoms with Crippen LogP contribution in [0.2, 0.25) is 0 Å². The summed E-state index contributed by atoms with van der Waals surface area (Å²) in [4.78, 5) is 4.32. The second-order valence-corrected chi connectivity index (χ2v) is 2.94. The molecule has 0 aliphatic rings. The maximum atomic E-state index is 4.32. The lowest BCUT2D eigenvalue weighted by atomic mass is 10.5. The summed E-state index contributed by atoms with van der Waals surface area (Å²) >= 11 is 1.66. The predicted molar refractivity (Wildman–Crippen MR) is 41.9 cm³/mol. The monoisotopic (exact) mass is 155 g/mol. The molecule has 1 heterocycles. The summed E-state index contributed by atoms with van der Waals surface area (Å²) in [6, 6.07) is 2.00. The number of hydrogen-bond acceptors (Lipinski definition) is 2. The second kappa shape index (κ2) is 3.01. The van der Waals surface area contributed by atoms with Crippen LogP contribution < -0.4 is 4.57 Å². The van der Waals surface area contributed by atoms with E-state index in [4.69, 9.17) is 0 Å². The zero-order chi connectivity index (χ0) is 7.56. The molecule has 0 spiro atoms.